The van der Waals surface area contributed by atoms with Crippen LogP contribution in [0.1, 0.15) is 45.3 Å². The number of hydrogen-bond acceptors (Lipinski definition) is 2. The fraction of sp³-hybridized carbons (Fsp3) is 0.571. The van der Waals surface area contributed by atoms with Gasteiger partial charge in [0.25, 0.3) is 0 Å². The second-order valence-electron chi connectivity index (χ2n) is 4.69. The Morgan fingerprint density at radius 2 is 1.88 bits per heavy atom. The molecule has 2 N–H and O–H groups in total. The lowest BCUT2D eigenvalue weighted by atomic mass is 9.95. The van der Waals surface area contributed by atoms with E-state index in [0.717, 1.165) is 12.8 Å². The zero-order valence-corrected chi connectivity index (χ0v) is 10.8. The molecule has 0 spiro atoms. The molecule has 1 rings (SSSR count). The third-order valence-electron chi connectivity index (χ3n) is 3.55. The molecule has 0 bridgehead atoms. The molecule has 96 valence electrons. The Hall–Kier alpha value is -0.930. The van der Waals surface area contributed by atoms with Gasteiger partial charge in [-0.3, -0.25) is 0 Å². The highest BCUT2D eigenvalue weighted by atomic mass is 19.1. The Labute approximate surface area is 103 Å². The standard InChI is InChI=1S/C14H22FNO/c1-4-14(3,5-2)16-10-13(17)11-8-6-7-9-12(11)15/h6-9,13,16-17H,4-5,10H2,1-3H3. The molecule has 0 amide bonds. The molecule has 1 aromatic rings. The predicted molar refractivity (Wildman–Crippen MR) is 68.3 cm³/mol. The molecule has 0 fully saturated rings. The second-order valence-corrected chi connectivity index (χ2v) is 4.69. The molecule has 2 nitrogen and oxygen atoms in total. The van der Waals surface area contributed by atoms with Crippen molar-refractivity contribution in [3.05, 3.63) is 35.6 Å². The Bertz CT molecular complexity index is 350. The first-order valence-corrected chi connectivity index (χ1v) is 6.20. The highest BCUT2D eigenvalue weighted by molar-refractivity contribution is 5.20. The fourth-order valence-electron chi connectivity index (χ4n) is 1.70. The first-order valence-electron chi connectivity index (χ1n) is 6.20. The maximum atomic E-state index is 13.4. The van der Waals surface area contributed by atoms with Crippen LogP contribution in [0.25, 0.3) is 0 Å². The Morgan fingerprint density at radius 1 is 1.29 bits per heavy atom. The Morgan fingerprint density at radius 3 is 2.41 bits per heavy atom. The number of β-amino-alcohol motifs (C(OH)–C–C–N with tert-alkyl or cyclic N) is 1. The molecule has 1 unspecified atom stereocenters. The third kappa shape index (κ3) is 3.79. The van der Waals surface area contributed by atoms with Gasteiger partial charge in [0.15, 0.2) is 0 Å². The van der Waals surface area contributed by atoms with Gasteiger partial charge in [0.05, 0.1) is 6.10 Å². The summed E-state index contributed by atoms with van der Waals surface area (Å²) in [6.45, 7) is 6.69. The number of hydrogen-bond donors (Lipinski definition) is 2. The van der Waals surface area contributed by atoms with Crippen LogP contribution in [0.15, 0.2) is 24.3 Å². The van der Waals surface area contributed by atoms with Gasteiger partial charge in [-0.15, -0.1) is 0 Å². The van der Waals surface area contributed by atoms with Crippen molar-refractivity contribution in [3.63, 3.8) is 0 Å². The molecule has 1 atom stereocenters. The number of aliphatic hydroxyl groups is 1. The van der Waals surface area contributed by atoms with Crippen LogP contribution >= 0.6 is 0 Å². The summed E-state index contributed by atoms with van der Waals surface area (Å²) in [6.07, 6.45) is 1.16. The number of rotatable bonds is 6. The van der Waals surface area contributed by atoms with Crippen LogP contribution in [0.5, 0.6) is 0 Å². The quantitative estimate of drug-likeness (QED) is 0.799. The first kappa shape index (κ1) is 14.1. The van der Waals surface area contributed by atoms with Crippen molar-refractivity contribution >= 4 is 0 Å². The normalized spacial score (nSPS) is 13.7. The lowest BCUT2D eigenvalue weighted by molar-refractivity contribution is 0.152. The first-order chi connectivity index (χ1) is 8.02. The molecule has 0 saturated carbocycles. The molecule has 0 aromatic heterocycles. The van der Waals surface area contributed by atoms with Gasteiger partial charge in [0.1, 0.15) is 5.82 Å². The van der Waals surface area contributed by atoms with Crippen molar-refractivity contribution in [2.24, 2.45) is 0 Å². The molecule has 17 heavy (non-hydrogen) atoms. The maximum absolute atomic E-state index is 13.4. The molecule has 1 aromatic carbocycles. The van der Waals surface area contributed by atoms with Crippen molar-refractivity contribution in [3.8, 4) is 0 Å². The van der Waals surface area contributed by atoms with E-state index in [1.165, 1.54) is 6.07 Å². The zero-order chi connectivity index (χ0) is 12.9. The van der Waals surface area contributed by atoms with Crippen LogP contribution in [0, 0.1) is 5.82 Å². The molecule has 0 saturated heterocycles. The van der Waals surface area contributed by atoms with Crippen molar-refractivity contribution in [1.29, 1.82) is 0 Å². The number of nitrogens with one attached hydrogen (secondary N) is 1. The monoisotopic (exact) mass is 239 g/mol. The van der Waals surface area contributed by atoms with Crippen LogP contribution in [0.2, 0.25) is 0 Å². The molecule has 0 radical (unpaired) electrons. The van der Waals surface area contributed by atoms with E-state index in [0.29, 0.717) is 12.1 Å². The van der Waals surface area contributed by atoms with Gasteiger partial charge in [-0.25, -0.2) is 4.39 Å². The summed E-state index contributed by atoms with van der Waals surface area (Å²) in [6, 6.07) is 6.36. The van der Waals surface area contributed by atoms with Gasteiger partial charge in [-0.1, -0.05) is 32.0 Å². The Balaban J connectivity index is 2.62. The molecule has 0 aliphatic carbocycles. The van der Waals surface area contributed by atoms with Gasteiger partial charge >= 0.3 is 0 Å². The summed E-state index contributed by atoms with van der Waals surface area (Å²) >= 11 is 0. The summed E-state index contributed by atoms with van der Waals surface area (Å²) < 4.78 is 13.4. The van der Waals surface area contributed by atoms with E-state index in [4.69, 9.17) is 0 Å². The van der Waals surface area contributed by atoms with Crippen LogP contribution in [-0.4, -0.2) is 17.2 Å². The van der Waals surface area contributed by atoms with Crippen molar-refractivity contribution in [2.45, 2.75) is 45.3 Å². The minimum Gasteiger partial charge on any atom is -0.387 e. The predicted octanol–water partition coefficient (Wildman–Crippen LogP) is 3.03. The summed E-state index contributed by atoms with van der Waals surface area (Å²) in [7, 11) is 0. The van der Waals surface area contributed by atoms with Crippen LogP contribution in [0.4, 0.5) is 4.39 Å². The van der Waals surface area contributed by atoms with E-state index in [-0.39, 0.29) is 11.4 Å². The molecular weight excluding hydrogens is 217 g/mol. The molecular formula is C14H22FNO. The summed E-state index contributed by atoms with van der Waals surface area (Å²) in [5, 5.41) is 13.3. The van der Waals surface area contributed by atoms with Crippen molar-refractivity contribution in [2.75, 3.05) is 6.54 Å². The average Bonchev–Trinajstić information content (AvgIpc) is 2.36. The topological polar surface area (TPSA) is 32.3 Å². The van der Waals surface area contributed by atoms with Gasteiger partial charge < -0.3 is 10.4 Å². The van der Waals surface area contributed by atoms with E-state index in [1.807, 2.05) is 0 Å². The Kier molecular flexibility index (Phi) is 5.09. The minimum atomic E-state index is -0.798. The maximum Gasteiger partial charge on any atom is 0.129 e. The molecule has 0 aliphatic heterocycles. The summed E-state index contributed by atoms with van der Waals surface area (Å²) in [5.41, 5.74) is 0.362. The smallest absolute Gasteiger partial charge is 0.129 e. The van der Waals surface area contributed by atoms with Gasteiger partial charge in [-0.2, -0.15) is 0 Å². The SMILES string of the molecule is CCC(C)(CC)NCC(O)c1ccccc1F. The highest BCUT2D eigenvalue weighted by Gasteiger charge is 2.21. The van der Waals surface area contributed by atoms with Gasteiger partial charge in [-0.05, 0) is 25.8 Å². The number of aliphatic hydroxyl groups excluding tert-OH is 1. The fourth-order valence-corrected chi connectivity index (χ4v) is 1.70. The van der Waals surface area contributed by atoms with Crippen molar-refractivity contribution < 1.29 is 9.50 Å². The van der Waals surface area contributed by atoms with E-state index in [1.54, 1.807) is 18.2 Å². The van der Waals surface area contributed by atoms with Crippen LogP contribution in [0.3, 0.4) is 0 Å². The largest absolute Gasteiger partial charge is 0.387 e. The van der Waals surface area contributed by atoms with Gasteiger partial charge in [0, 0.05) is 17.6 Å². The summed E-state index contributed by atoms with van der Waals surface area (Å²) in [5.74, 6) is -0.350. The third-order valence-corrected chi connectivity index (χ3v) is 3.55. The summed E-state index contributed by atoms with van der Waals surface area (Å²) in [4.78, 5) is 0. The lowest BCUT2D eigenvalue weighted by Crippen LogP contribution is -2.43. The average molecular weight is 239 g/mol. The molecule has 0 heterocycles. The molecule has 0 aliphatic rings. The number of benzene rings is 1. The minimum absolute atomic E-state index is 0.00619. The molecule has 3 heteroatoms. The van der Waals surface area contributed by atoms with Crippen molar-refractivity contribution in [1.82, 2.24) is 5.32 Å². The van der Waals surface area contributed by atoms with Crippen LogP contribution in [-0.2, 0) is 0 Å². The zero-order valence-electron chi connectivity index (χ0n) is 10.8. The van der Waals surface area contributed by atoms with Gasteiger partial charge in [0.2, 0.25) is 0 Å². The van der Waals surface area contributed by atoms with E-state index in [9.17, 15) is 9.50 Å². The van der Waals surface area contributed by atoms with E-state index < -0.39 is 6.10 Å². The lowest BCUT2D eigenvalue weighted by Gasteiger charge is -2.29. The highest BCUT2D eigenvalue weighted by Crippen LogP contribution is 2.19. The number of halogens is 1. The van der Waals surface area contributed by atoms with E-state index in [2.05, 4.69) is 26.1 Å². The van der Waals surface area contributed by atoms with E-state index >= 15 is 0 Å². The second kappa shape index (κ2) is 6.12. The van der Waals surface area contributed by atoms with Crippen LogP contribution < -0.4 is 5.32 Å².